The normalized spacial score (nSPS) is 18.3. The molecule has 1 saturated carbocycles. The predicted molar refractivity (Wildman–Crippen MR) is 122 cm³/mol. The molecule has 0 unspecified atom stereocenters. The Bertz CT molecular complexity index is 869. The summed E-state index contributed by atoms with van der Waals surface area (Å²) >= 11 is 0. The van der Waals surface area contributed by atoms with Gasteiger partial charge in [-0.3, -0.25) is 4.79 Å². The summed E-state index contributed by atoms with van der Waals surface area (Å²) in [7, 11) is 1.55. The monoisotopic (exact) mass is 445 g/mol. The first kappa shape index (κ1) is 25.2. The zero-order valence-electron chi connectivity index (χ0n) is 19.9. The van der Waals surface area contributed by atoms with Crippen LogP contribution in [-0.2, 0) is 9.53 Å². The van der Waals surface area contributed by atoms with E-state index < -0.39 is 11.7 Å². The molecule has 2 rings (SSSR count). The molecule has 1 aromatic heterocycles. The molecule has 32 heavy (non-hydrogen) atoms. The van der Waals surface area contributed by atoms with Crippen LogP contribution in [0.5, 0.6) is 5.88 Å². The Hall–Kier alpha value is -3.02. The van der Waals surface area contributed by atoms with E-state index in [1.54, 1.807) is 34.0 Å². The number of amides is 2. The third-order valence-electron chi connectivity index (χ3n) is 4.66. The molecule has 9 heteroatoms. The summed E-state index contributed by atoms with van der Waals surface area (Å²) in [6.45, 7) is 9.12. The fourth-order valence-corrected chi connectivity index (χ4v) is 3.30. The van der Waals surface area contributed by atoms with Crippen molar-refractivity contribution in [3.05, 3.63) is 11.8 Å². The number of rotatable bonds is 5. The van der Waals surface area contributed by atoms with Gasteiger partial charge in [-0.2, -0.15) is 4.98 Å². The van der Waals surface area contributed by atoms with E-state index in [2.05, 4.69) is 27.1 Å². The largest absolute Gasteiger partial charge is 0.474 e. The maximum atomic E-state index is 12.4. The maximum absolute atomic E-state index is 12.4. The van der Waals surface area contributed by atoms with Crippen molar-refractivity contribution < 1.29 is 19.1 Å². The Morgan fingerprint density at radius 3 is 2.72 bits per heavy atom. The minimum absolute atomic E-state index is 0.0108. The standard InChI is InChI=1S/C23H35N5O4/c1-15(2)31-20-17(13-25-21(24)27-20)11-10-16-8-7-9-18(12-16)26-19(29)14-28(6)22(30)32-23(3,4)5/h13,15-16,18H,7-9,12,14H2,1-6H3,(H,26,29)(H2,24,25,27)/t16-,18-/m0/s1. The lowest BCUT2D eigenvalue weighted by molar-refractivity contribution is -0.123. The lowest BCUT2D eigenvalue weighted by atomic mass is 9.86. The van der Waals surface area contributed by atoms with Gasteiger partial charge >= 0.3 is 6.09 Å². The fourth-order valence-electron chi connectivity index (χ4n) is 3.30. The number of carbonyl (C=O) groups excluding carboxylic acids is 2. The van der Waals surface area contributed by atoms with Crippen molar-refractivity contribution in [2.24, 2.45) is 5.92 Å². The van der Waals surface area contributed by atoms with Gasteiger partial charge in [0.15, 0.2) is 0 Å². The summed E-state index contributed by atoms with van der Waals surface area (Å²) in [4.78, 5) is 33.9. The number of likely N-dealkylation sites (N-methyl/N-ethyl adjacent to an activating group) is 1. The van der Waals surface area contributed by atoms with Gasteiger partial charge in [0, 0.05) is 19.0 Å². The number of nitrogen functional groups attached to an aromatic ring is 1. The van der Waals surface area contributed by atoms with Gasteiger partial charge < -0.3 is 25.4 Å². The van der Waals surface area contributed by atoms with Crippen LogP contribution in [-0.4, -0.2) is 58.2 Å². The lowest BCUT2D eigenvalue weighted by Gasteiger charge is -2.28. The molecule has 0 radical (unpaired) electrons. The first-order valence-electron chi connectivity index (χ1n) is 11.0. The molecule has 0 saturated heterocycles. The second-order valence-electron chi connectivity index (χ2n) is 9.35. The lowest BCUT2D eigenvalue weighted by Crippen LogP contribution is -2.45. The Morgan fingerprint density at radius 1 is 1.34 bits per heavy atom. The minimum Gasteiger partial charge on any atom is -0.474 e. The Balaban J connectivity index is 1.94. The molecule has 0 aliphatic heterocycles. The predicted octanol–water partition coefficient (Wildman–Crippen LogP) is 2.74. The van der Waals surface area contributed by atoms with Crippen molar-refractivity contribution in [2.45, 2.75) is 78.0 Å². The van der Waals surface area contributed by atoms with Crippen molar-refractivity contribution in [1.29, 1.82) is 0 Å². The van der Waals surface area contributed by atoms with Gasteiger partial charge in [0.1, 0.15) is 17.7 Å². The Morgan fingerprint density at radius 2 is 2.06 bits per heavy atom. The van der Waals surface area contributed by atoms with Crippen LogP contribution in [0.15, 0.2) is 6.20 Å². The summed E-state index contributed by atoms with van der Waals surface area (Å²) in [5.74, 6) is 6.83. The van der Waals surface area contributed by atoms with Gasteiger partial charge in [-0.1, -0.05) is 18.3 Å². The summed E-state index contributed by atoms with van der Waals surface area (Å²) in [6, 6.07) is 0.0108. The summed E-state index contributed by atoms with van der Waals surface area (Å²) in [6.07, 6.45) is 4.52. The first-order chi connectivity index (χ1) is 14.9. The molecule has 176 valence electrons. The van der Waals surface area contributed by atoms with Gasteiger partial charge in [-0.05, 0) is 53.9 Å². The Labute approximate surface area is 190 Å². The average Bonchev–Trinajstić information content (AvgIpc) is 2.65. The molecule has 1 aliphatic carbocycles. The van der Waals surface area contributed by atoms with Crippen LogP contribution in [0.1, 0.15) is 65.9 Å². The van der Waals surface area contributed by atoms with E-state index in [0.29, 0.717) is 11.4 Å². The minimum atomic E-state index is -0.604. The Kier molecular flexibility index (Phi) is 8.70. The molecule has 0 aromatic carbocycles. The van der Waals surface area contributed by atoms with Crippen LogP contribution in [0.25, 0.3) is 0 Å². The van der Waals surface area contributed by atoms with Gasteiger partial charge in [-0.15, -0.1) is 0 Å². The number of nitrogens with one attached hydrogen (secondary N) is 1. The van der Waals surface area contributed by atoms with Gasteiger partial charge in [0.05, 0.1) is 12.3 Å². The number of ether oxygens (including phenoxy) is 2. The highest BCUT2D eigenvalue weighted by atomic mass is 16.6. The topological polar surface area (TPSA) is 120 Å². The number of nitrogens with two attached hydrogens (primary N) is 1. The van der Waals surface area contributed by atoms with Crippen molar-refractivity contribution in [3.63, 3.8) is 0 Å². The van der Waals surface area contributed by atoms with E-state index in [-0.39, 0.29) is 36.5 Å². The van der Waals surface area contributed by atoms with Crippen molar-refractivity contribution in [3.8, 4) is 17.7 Å². The average molecular weight is 446 g/mol. The molecule has 1 aromatic rings. The molecular weight excluding hydrogens is 410 g/mol. The number of anilines is 1. The van der Waals surface area contributed by atoms with Crippen molar-refractivity contribution >= 4 is 17.9 Å². The highest BCUT2D eigenvalue weighted by Crippen LogP contribution is 2.24. The number of nitrogens with zero attached hydrogens (tertiary/aromatic N) is 3. The van der Waals surface area contributed by atoms with E-state index in [1.165, 1.54) is 4.90 Å². The second kappa shape index (κ2) is 11.0. The number of hydrogen-bond donors (Lipinski definition) is 2. The zero-order chi connectivity index (χ0) is 23.9. The molecule has 1 fully saturated rings. The fraction of sp³-hybridized carbons (Fsp3) is 0.652. The molecule has 2 atom stereocenters. The number of hydrogen-bond acceptors (Lipinski definition) is 7. The molecular formula is C23H35N5O4. The SMILES string of the molecule is CC(C)Oc1nc(N)ncc1C#C[C@@H]1CCC[C@H](NC(=O)CN(C)C(=O)OC(C)(C)C)C1. The van der Waals surface area contributed by atoms with E-state index in [4.69, 9.17) is 15.2 Å². The zero-order valence-corrected chi connectivity index (χ0v) is 19.9. The van der Waals surface area contributed by atoms with Crippen LogP contribution in [0.2, 0.25) is 0 Å². The van der Waals surface area contributed by atoms with Gasteiger partial charge in [0.2, 0.25) is 17.7 Å². The molecule has 0 bridgehead atoms. The molecule has 0 spiro atoms. The van der Waals surface area contributed by atoms with Crippen LogP contribution in [0.4, 0.5) is 10.7 Å². The van der Waals surface area contributed by atoms with Crippen LogP contribution >= 0.6 is 0 Å². The van der Waals surface area contributed by atoms with E-state index in [1.807, 2.05) is 13.8 Å². The van der Waals surface area contributed by atoms with Crippen molar-refractivity contribution in [2.75, 3.05) is 19.3 Å². The molecule has 1 heterocycles. The highest BCUT2D eigenvalue weighted by molar-refractivity contribution is 5.82. The number of carbonyl (C=O) groups is 2. The smallest absolute Gasteiger partial charge is 0.410 e. The third kappa shape index (κ3) is 8.61. The van der Waals surface area contributed by atoms with E-state index in [9.17, 15) is 9.59 Å². The van der Waals surface area contributed by atoms with Crippen molar-refractivity contribution in [1.82, 2.24) is 20.2 Å². The number of aromatic nitrogens is 2. The molecule has 1 aliphatic rings. The van der Waals surface area contributed by atoms with Crippen LogP contribution in [0, 0.1) is 17.8 Å². The van der Waals surface area contributed by atoms with Crippen LogP contribution < -0.4 is 15.8 Å². The maximum Gasteiger partial charge on any atom is 0.410 e. The third-order valence-corrected chi connectivity index (χ3v) is 4.66. The van der Waals surface area contributed by atoms with Gasteiger partial charge in [0.25, 0.3) is 0 Å². The molecule has 9 nitrogen and oxygen atoms in total. The summed E-state index contributed by atoms with van der Waals surface area (Å²) < 4.78 is 11.0. The first-order valence-corrected chi connectivity index (χ1v) is 11.0. The highest BCUT2D eigenvalue weighted by Gasteiger charge is 2.25. The summed E-state index contributed by atoms with van der Waals surface area (Å²) in [5, 5.41) is 3.02. The summed E-state index contributed by atoms with van der Waals surface area (Å²) in [5.41, 5.74) is 5.66. The van der Waals surface area contributed by atoms with E-state index >= 15 is 0 Å². The second-order valence-corrected chi connectivity index (χ2v) is 9.35. The van der Waals surface area contributed by atoms with E-state index in [0.717, 1.165) is 25.7 Å². The van der Waals surface area contributed by atoms with Crippen LogP contribution in [0.3, 0.4) is 0 Å². The van der Waals surface area contributed by atoms with Gasteiger partial charge in [-0.25, -0.2) is 9.78 Å². The molecule has 3 N–H and O–H groups in total. The molecule has 2 amide bonds. The quantitative estimate of drug-likeness (QED) is 0.669.